The second kappa shape index (κ2) is 10.5. The summed E-state index contributed by atoms with van der Waals surface area (Å²) >= 11 is 3.51. The highest BCUT2D eigenvalue weighted by Crippen LogP contribution is 2.32. The summed E-state index contributed by atoms with van der Waals surface area (Å²) in [5.74, 6) is 0.258. The van der Waals surface area contributed by atoms with Crippen molar-refractivity contribution in [2.45, 2.75) is 26.3 Å². The van der Waals surface area contributed by atoms with Crippen molar-refractivity contribution < 1.29 is 18.7 Å². The number of nitrogen functional groups attached to an aromatic ring is 1. The zero-order valence-electron chi connectivity index (χ0n) is 19.8. The van der Waals surface area contributed by atoms with E-state index in [1.54, 1.807) is 11.7 Å². The number of hydrogen-bond donors (Lipinski definition) is 1. The average Bonchev–Trinajstić information content (AvgIpc) is 3.35. The van der Waals surface area contributed by atoms with Gasteiger partial charge in [0.05, 0.1) is 42.1 Å². The third kappa shape index (κ3) is 5.32. The van der Waals surface area contributed by atoms with Crippen molar-refractivity contribution in [2.24, 2.45) is 13.0 Å². The fourth-order valence-electron chi connectivity index (χ4n) is 4.07. The Morgan fingerprint density at radius 2 is 2.03 bits per heavy atom. The Morgan fingerprint density at radius 1 is 1.23 bits per heavy atom. The number of hydrogen-bond acceptors (Lipinski definition) is 6. The number of imidazole rings is 1. The van der Waals surface area contributed by atoms with Gasteiger partial charge < -0.3 is 19.8 Å². The fourth-order valence-corrected chi connectivity index (χ4v) is 4.42. The number of aryl methyl sites for hydroxylation is 1. The van der Waals surface area contributed by atoms with E-state index in [2.05, 4.69) is 32.9 Å². The van der Waals surface area contributed by atoms with E-state index in [9.17, 15) is 9.18 Å². The van der Waals surface area contributed by atoms with Crippen molar-refractivity contribution in [2.75, 3.05) is 19.5 Å². The molecule has 0 spiro atoms. The molecule has 2 aromatic carbocycles. The van der Waals surface area contributed by atoms with Crippen LogP contribution in [-0.4, -0.2) is 39.0 Å². The second-order valence-electron chi connectivity index (χ2n) is 8.48. The van der Waals surface area contributed by atoms with Crippen molar-refractivity contribution in [3.63, 3.8) is 0 Å². The molecule has 8 nitrogen and oxygen atoms in total. The van der Waals surface area contributed by atoms with Gasteiger partial charge in [-0.1, -0.05) is 22.9 Å². The summed E-state index contributed by atoms with van der Waals surface area (Å²) in [5.41, 5.74) is 8.99. The maximum Gasteiger partial charge on any atom is 0.337 e. The molecule has 0 saturated carbocycles. The van der Waals surface area contributed by atoms with Crippen LogP contribution in [0, 0.1) is 11.7 Å². The standard InChI is InChI=1S/C25H27BrFN5O3/c1-15(14-32-22-12-17(26)7-9-21(22)30-25(32)28)5-4-10-35-23-19(13-29-31(23)2)18-11-16(24(33)34-3)6-8-20(18)27/h6-9,11-13,15H,4-5,10,14H2,1-3H3,(H2,28,30)/t15-/m1/s1. The molecule has 2 heterocycles. The van der Waals surface area contributed by atoms with Gasteiger partial charge in [-0.2, -0.15) is 5.10 Å². The highest BCUT2D eigenvalue weighted by molar-refractivity contribution is 9.10. The van der Waals surface area contributed by atoms with E-state index in [0.717, 1.165) is 34.9 Å². The molecule has 0 amide bonds. The molecule has 0 aliphatic heterocycles. The number of rotatable bonds is 9. The minimum absolute atomic E-state index is 0.234. The van der Waals surface area contributed by atoms with E-state index >= 15 is 0 Å². The minimum Gasteiger partial charge on any atom is -0.477 e. The maximum absolute atomic E-state index is 14.6. The van der Waals surface area contributed by atoms with Gasteiger partial charge >= 0.3 is 5.97 Å². The number of nitrogens with two attached hydrogens (primary N) is 1. The van der Waals surface area contributed by atoms with Gasteiger partial charge in [0.15, 0.2) is 0 Å². The lowest BCUT2D eigenvalue weighted by Gasteiger charge is -2.15. The minimum atomic E-state index is -0.537. The summed E-state index contributed by atoms with van der Waals surface area (Å²) < 4.78 is 29.9. The molecule has 1 atom stereocenters. The number of ether oxygens (including phenoxy) is 2. The monoisotopic (exact) mass is 543 g/mol. The van der Waals surface area contributed by atoms with Gasteiger partial charge in [-0.3, -0.25) is 0 Å². The molecule has 0 radical (unpaired) electrons. The molecule has 0 aliphatic carbocycles. The second-order valence-corrected chi connectivity index (χ2v) is 9.40. The van der Waals surface area contributed by atoms with Crippen LogP contribution < -0.4 is 10.5 Å². The van der Waals surface area contributed by atoms with Crippen molar-refractivity contribution in [3.8, 4) is 17.0 Å². The van der Waals surface area contributed by atoms with Crippen LogP contribution in [0.25, 0.3) is 22.2 Å². The van der Waals surface area contributed by atoms with Crippen molar-refractivity contribution in [1.29, 1.82) is 0 Å². The van der Waals surface area contributed by atoms with Gasteiger partial charge in [0.1, 0.15) is 5.82 Å². The van der Waals surface area contributed by atoms with Crippen molar-refractivity contribution in [1.82, 2.24) is 19.3 Å². The number of nitrogens with zero attached hydrogens (tertiary/aromatic N) is 4. The van der Waals surface area contributed by atoms with E-state index in [-0.39, 0.29) is 11.1 Å². The summed E-state index contributed by atoms with van der Waals surface area (Å²) in [6.45, 7) is 3.33. The zero-order valence-corrected chi connectivity index (χ0v) is 21.4. The summed E-state index contributed by atoms with van der Waals surface area (Å²) in [6.07, 6.45) is 3.21. The Kier molecular flexibility index (Phi) is 7.39. The number of benzene rings is 2. The van der Waals surface area contributed by atoms with Gasteiger partial charge in [0.25, 0.3) is 0 Å². The first-order chi connectivity index (χ1) is 16.8. The Morgan fingerprint density at radius 3 is 2.80 bits per heavy atom. The summed E-state index contributed by atoms with van der Waals surface area (Å²) in [7, 11) is 3.02. The molecule has 0 aliphatic rings. The molecular formula is C25H27BrFN5O3. The van der Waals surface area contributed by atoms with Gasteiger partial charge in [-0.15, -0.1) is 0 Å². The number of carbonyl (C=O) groups excluding carboxylic acids is 1. The summed E-state index contributed by atoms with van der Waals surface area (Å²) in [6, 6.07) is 9.99. The van der Waals surface area contributed by atoms with Crippen LogP contribution in [0.1, 0.15) is 30.1 Å². The Hall–Kier alpha value is -3.40. The Balaban J connectivity index is 1.40. The molecule has 0 saturated heterocycles. The maximum atomic E-state index is 14.6. The molecule has 184 valence electrons. The van der Waals surface area contributed by atoms with E-state index in [1.165, 1.54) is 31.5 Å². The van der Waals surface area contributed by atoms with Crippen LogP contribution in [0.15, 0.2) is 47.1 Å². The van der Waals surface area contributed by atoms with Crippen LogP contribution in [0.3, 0.4) is 0 Å². The van der Waals surface area contributed by atoms with Gasteiger partial charge in [0, 0.05) is 23.6 Å². The van der Waals surface area contributed by atoms with Gasteiger partial charge in [0.2, 0.25) is 11.8 Å². The molecule has 0 unspecified atom stereocenters. The highest BCUT2D eigenvalue weighted by Gasteiger charge is 2.19. The van der Waals surface area contributed by atoms with Crippen LogP contribution in [0.2, 0.25) is 0 Å². The predicted octanol–water partition coefficient (Wildman–Crippen LogP) is 5.20. The fraction of sp³-hybridized carbons (Fsp3) is 0.320. The molecule has 2 N–H and O–H groups in total. The number of carbonyl (C=O) groups is 1. The van der Waals surface area contributed by atoms with Crippen LogP contribution in [0.4, 0.5) is 10.3 Å². The van der Waals surface area contributed by atoms with Gasteiger partial charge in [-0.05, 0) is 55.2 Å². The molecule has 35 heavy (non-hydrogen) atoms. The highest BCUT2D eigenvalue weighted by atomic mass is 79.9. The normalized spacial score (nSPS) is 12.1. The SMILES string of the molecule is COC(=O)c1ccc(F)c(-c2cnn(C)c2OCCC[C@@H](C)Cn2c(N)nc3ccc(Br)cc32)c1. The molecule has 0 fully saturated rings. The van der Waals surface area contributed by atoms with E-state index < -0.39 is 11.8 Å². The molecule has 0 bridgehead atoms. The van der Waals surface area contributed by atoms with Crippen LogP contribution >= 0.6 is 15.9 Å². The summed E-state index contributed by atoms with van der Waals surface area (Å²) in [5, 5.41) is 4.22. The number of esters is 1. The first-order valence-corrected chi connectivity index (χ1v) is 12.0. The molecular weight excluding hydrogens is 517 g/mol. The zero-order chi connectivity index (χ0) is 25.1. The average molecular weight is 544 g/mol. The van der Waals surface area contributed by atoms with E-state index in [0.29, 0.717) is 29.9 Å². The topological polar surface area (TPSA) is 97.2 Å². The third-order valence-electron chi connectivity index (χ3n) is 5.88. The Labute approximate surface area is 211 Å². The smallest absolute Gasteiger partial charge is 0.337 e. The summed E-state index contributed by atoms with van der Waals surface area (Å²) in [4.78, 5) is 16.3. The van der Waals surface area contributed by atoms with Crippen LogP contribution in [0.5, 0.6) is 5.88 Å². The molecule has 4 aromatic rings. The number of anilines is 1. The molecule has 4 rings (SSSR count). The van der Waals surface area contributed by atoms with E-state index in [4.69, 9.17) is 15.2 Å². The third-order valence-corrected chi connectivity index (χ3v) is 6.37. The van der Waals surface area contributed by atoms with E-state index in [1.807, 2.05) is 22.8 Å². The lowest BCUT2D eigenvalue weighted by atomic mass is 10.0. The predicted molar refractivity (Wildman–Crippen MR) is 136 cm³/mol. The Bertz CT molecular complexity index is 1370. The van der Waals surface area contributed by atoms with Gasteiger partial charge in [-0.25, -0.2) is 18.9 Å². The first kappa shape index (κ1) is 24.7. The van der Waals surface area contributed by atoms with Crippen molar-refractivity contribution >= 4 is 38.9 Å². The number of fused-ring (bicyclic) bond motifs is 1. The number of halogens is 2. The lowest BCUT2D eigenvalue weighted by Crippen LogP contribution is -2.12. The molecule has 2 aromatic heterocycles. The largest absolute Gasteiger partial charge is 0.477 e. The first-order valence-electron chi connectivity index (χ1n) is 11.2. The quantitative estimate of drug-likeness (QED) is 0.230. The van der Waals surface area contributed by atoms with Crippen molar-refractivity contribution in [3.05, 3.63) is 58.4 Å². The van der Waals surface area contributed by atoms with Crippen LogP contribution in [-0.2, 0) is 18.3 Å². The lowest BCUT2D eigenvalue weighted by molar-refractivity contribution is 0.0600. The number of methoxy groups -OCH3 is 1. The molecule has 10 heteroatoms. The number of aromatic nitrogens is 4.